The number of nitrogens with one attached hydrogen (secondary N) is 1. The highest BCUT2D eigenvalue weighted by atomic mass is 35.5. The first-order chi connectivity index (χ1) is 15.0. The van der Waals surface area contributed by atoms with Crippen LogP contribution in [0, 0.1) is 5.82 Å². The molecule has 2 heterocycles. The average Bonchev–Trinajstić information content (AvgIpc) is 2.77. The number of piperidine rings is 1. The van der Waals surface area contributed by atoms with Gasteiger partial charge in [-0.05, 0) is 68.4 Å². The maximum absolute atomic E-state index is 13.5. The Morgan fingerprint density at radius 3 is 2.32 bits per heavy atom. The summed E-state index contributed by atoms with van der Waals surface area (Å²) in [5.41, 5.74) is 1.84. The number of aromatic nitrogens is 1. The molecule has 1 aromatic heterocycles. The Morgan fingerprint density at radius 2 is 1.65 bits per heavy atom. The van der Waals surface area contributed by atoms with Crippen molar-refractivity contribution in [3.63, 3.8) is 0 Å². The molecule has 0 saturated carbocycles. The second-order valence-electron chi connectivity index (χ2n) is 7.20. The van der Waals surface area contributed by atoms with Crippen LogP contribution in [0.3, 0.4) is 0 Å². The van der Waals surface area contributed by atoms with E-state index in [-0.39, 0.29) is 17.5 Å². The second kappa shape index (κ2) is 9.64. The highest BCUT2D eigenvalue weighted by molar-refractivity contribution is 6.37. The maximum atomic E-state index is 13.5. The zero-order valence-corrected chi connectivity index (χ0v) is 18.0. The van der Waals surface area contributed by atoms with Crippen LogP contribution in [-0.2, 0) is 4.84 Å². The third-order valence-corrected chi connectivity index (χ3v) is 5.67. The van der Waals surface area contributed by atoms with Gasteiger partial charge in [-0.25, -0.2) is 4.39 Å². The van der Waals surface area contributed by atoms with Gasteiger partial charge in [0.05, 0.1) is 15.7 Å². The molecule has 2 aromatic carbocycles. The summed E-state index contributed by atoms with van der Waals surface area (Å²) in [6, 6.07) is 14.1. The van der Waals surface area contributed by atoms with E-state index in [2.05, 4.69) is 10.5 Å². The number of benzene rings is 2. The monoisotopic (exact) mass is 459 g/mol. The molecule has 1 aliphatic heterocycles. The fourth-order valence-electron chi connectivity index (χ4n) is 3.43. The van der Waals surface area contributed by atoms with Crippen LogP contribution >= 0.6 is 23.2 Å². The molecule has 1 aliphatic rings. The van der Waals surface area contributed by atoms with Crippen molar-refractivity contribution in [2.24, 2.45) is 5.16 Å². The second-order valence-corrected chi connectivity index (χ2v) is 8.01. The van der Waals surface area contributed by atoms with Gasteiger partial charge < -0.3 is 10.2 Å². The predicted molar refractivity (Wildman–Crippen MR) is 121 cm³/mol. The number of nitrogens with zero attached hydrogens (tertiary/aromatic N) is 2. The summed E-state index contributed by atoms with van der Waals surface area (Å²) in [4.78, 5) is 18.4. The van der Waals surface area contributed by atoms with E-state index in [4.69, 9.17) is 28.0 Å². The van der Waals surface area contributed by atoms with Crippen LogP contribution in [0.4, 0.5) is 4.39 Å². The average molecular weight is 460 g/mol. The molecule has 1 saturated heterocycles. The molecule has 0 aliphatic carbocycles. The Balaban J connectivity index is 1.79. The summed E-state index contributed by atoms with van der Waals surface area (Å²) in [5, 5.41) is 8.38. The van der Waals surface area contributed by atoms with Crippen molar-refractivity contribution >= 4 is 28.9 Å². The third-order valence-electron chi connectivity index (χ3n) is 5.06. The van der Waals surface area contributed by atoms with Gasteiger partial charge in [0, 0.05) is 23.4 Å². The Kier molecular flexibility index (Phi) is 6.70. The first kappa shape index (κ1) is 21.6. The minimum atomic E-state index is -0.352. The van der Waals surface area contributed by atoms with Gasteiger partial charge in [-0.1, -0.05) is 34.4 Å². The zero-order valence-electron chi connectivity index (χ0n) is 16.5. The van der Waals surface area contributed by atoms with Crippen molar-refractivity contribution in [2.75, 3.05) is 13.1 Å². The molecule has 1 N–H and O–H groups in total. The van der Waals surface area contributed by atoms with Crippen LogP contribution in [0.15, 0.2) is 70.7 Å². The lowest BCUT2D eigenvalue weighted by molar-refractivity contribution is 0.0379. The van der Waals surface area contributed by atoms with Gasteiger partial charge in [0.1, 0.15) is 17.6 Å². The lowest BCUT2D eigenvalue weighted by Crippen LogP contribution is -2.31. The van der Waals surface area contributed by atoms with E-state index in [9.17, 15) is 9.18 Å². The SMILES string of the molecule is O=c1ccc(/C(=N/OC2CCNCC2)c2ccc(F)cc2)cn1-c1c(Cl)cccc1Cl. The molecule has 8 heteroatoms. The van der Waals surface area contributed by atoms with Crippen molar-refractivity contribution in [3.8, 4) is 5.69 Å². The van der Waals surface area contributed by atoms with E-state index < -0.39 is 0 Å². The predicted octanol–water partition coefficient (Wildman–Crippen LogP) is 4.80. The number of halogens is 3. The first-order valence-electron chi connectivity index (χ1n) is 9.91. The summed E-state index contributed by atoms with van der Waals surface area (Å²) in [7, 11) is 0. The lowest BCUT2D eigenvalue weighted by Gasteiger charge is -2.21. The standard InChI is InChI=1S/C23H20Cl2FN3O2/c24-19-2-1-3-20(25)23(19)29-14-16(6-9-21(29)30)22(15-4-7-17(26)8-5-15)28-31-18-10-12-27-13-11-18/h1-9,14,18,27H,10-13H2/b28-22+. The molecule has 1 fully saturated rings. The zero-order chi connectivity index (χ0) is 21.8. The van der Waals surface area contributed by atoms with Gasteiger partial charge >= 0.3 is 0 Å². The molecular weight excluding hydrogens is 440 g/mol. The minimum absolute atomic E-state index is 0.0133. The van der Waals surface area contributed by atoms with E-state index in [1.54, 1.807) is 42.6 Å². The minimum Gasteiger partial charge on any atom is -0.392 e. The molecule has 31 heavy (non-hydrogen) atoms. The smallest absolute Gasteiger partial charge is 0.255 e. The van der Waals surface area contributed by atoms with Crippen molar-refractivity contribution in [2.45, 2.75) is 18.9 Å². The molecule has 0 amide bonds. The largest absolute Gasteiger partial charge is 0.392 e. The molecule has 3 aromatic rings. The van der Waals surface area contributed by atoms with Gasteiger partial charge in [0.15, 0.2) is 0 Å². The van der Waals surface area contributed by atoms with E-state index in [0.29, 0.717) is 32.6 Å². The number of pyridine rings is 1. The fourth-order valence-corrected chi connectivity index (χ4v) is 4.01. The highest BCUT2D eigenvalue weighted by Gasteiger charge is 2.17. The molecule has 4 rings (SSSR count). The molecule has 5 nitrogen and oxygen atoms in total. The van der Waals surface area contributed by atoms with Gasteiger partial charge in [0.2, 0.25) is 0 Å². The van der Waals surface area contributed by atoms with E-state index >= 15 is 0 Å². The molecule has 0 radical (unpaired) electrons. The Labute approximate surface area is 189 Å². The summed E-state index contributed by atoms with van der Waals surface area (Å²) >= 11 is 12.6. The first-order valence-corrected chi connectivity index (χ1v) is 10.7. The number of rotatable bonds is 5. The molecule has 0 spiro atoms. The van der Waals surface area contributed by atoms with Crippen LogP contribution in [-0.4, -0.2) is 29.5 Å². The van der Waals surface area contributed by atoms with Crippen LogP contribution in [0.2, 0.25) is 10.0 Å². The van der Waals surface area contributed by atoms with Crippen molar-refractivity contribution in [1.29, 1.82) is 0 Å². The quantitative estimate of drug-likeness (QED) is 0.440. The van der Waals surface area contributed by atoms with Crippen LogP contribution in [0.5, 0.6) is 0 Å². The van der Waals surface area contributed by atoms with Gasteiger partial charge in [-0.15, -0.1) is 0 Å². The van der Waals surface area contributed by atoms with E-state index in [1.807, 2.05) is 0 Å². The summed E-state index contributed by atoms with van der Waals surface area (Å²) in [6.07, 6.45) is 3.29. The molecule has 0 unspecified atom stereocenters. The van der Waals surface area contributed by atoms with E-state index in [0.717, 1.165) is 25.9 Å². The Bertz CT molecular complexity index is 1140. The Morgan fingerprint density at radius 1 is 1.00 bits per heavy atom. The molecule has 0 atom stereocenters. The van der Waals surface area contributed by atoms with Crippen molar-refractivity contribution < 1.29 is 9.23 Å². The number of oxime groups is 1. The van der Waals surface area contributed by atoms with Gasteiger partial charge in [-0.3, -0.25) is 9.36 Å². The van der Waals surface area contributed by atoms with Crippen molar-refractivity contribution in [3.05, 3.63) is 98.1 Å². The highest BCUT2D eigenvalue weighted by Crippen LogP contribution is 2.27. The third kappa shape index (κ3) is 4.98. The number of para-hydroxylation sites is 1. The Hall–Kier alpha value is -2.67. The number of hydrogen-bond donors (Lipinski definition) is 1. The normalized spacial score (nSPS) is 15.1. The van der Waals surface area contributed by atoms with Crippen LogP contribution in [0.1, 0.15) is 24.0 Å². The number of hydrogen-bond acceptors (Lipinski definition) is 4. The topological polar surface area (TPSA) is 55.6 Å². The van der Waals surface area contributed by atoms with Gasteiger partial charge in [0.25, 0.3) is 5.56 Å². The van der Waals surface area contributed by atoms with Crippen molar-refractivity contribution in [1.82, 2.24) is 9.88 Å². The molecule has 160 valence electrons. The molecule has 0 bridgehead atoms. The van der Waals surface area contributed by atoms with Crippen LogP contribution in [0.25, 0.3) is 5.69 Å². The summed E-state index contributed by atoms with van der Waals surface area (Å²) in [6.45, 7) is 1.73. The van der Waals surface area contributed by atoms with E-state index in [1.165, 1.54) is 22.8 Å². The summed E-state index contributed by atoms with van der Waals surface area (Å²) < 4.78 is 14.9. The maximum Gasteiger partial charge on any atom is 0.255 e. The fraction of sp³-hybridized carbons (Fsp3) is 0.217. The lowest BCUT2D eigenvalue weighted by atomic mass is 10.0. The molecular formula is C23H20Cl2FN3O2. The van der Waals surface area contributed by atoms with Crippen LogP contribution < -0.4 is 10.9 Å². The summed E-state index contributed by atoms with van der Waals surface area (Å²) in [5.74, 6) is -0.352. The van der Waals surface area contributed by atoms with Gasteiger partial charge in [-0.2, -0.15) is 0 Å².